The van der Waals surface area contributed by atoms with Crippen molar-refractivity contribution in [1.29, 1.82) is 0 Å². The second-order valence-corrected chi connectivity index (χ2v) is 6.39. The van der Waals surface area contributed by atoms with E-state index < -0.39 is 11.9 Å². The highest BCUT2D eigenvalue weighted by molar-refractivity contribution is 5.78. The molecule has 0 fully saturated rings. The van der Waals surface area contributed by atoms with Crippen LogP contribution in [0.4, 0.5) is 0 Å². The highest BCUT2D eigenvalue weighted by Gasteiger charge is 2.18. The van der Waals surface area contributed by atoms with Crippen molar-refractivity contribution >= 4 is 16.9 Å². The van der Waals surface area contributed by atoms with Gasteiger partial charge in [-0.2, -0.15) is 0 Å². The summed E-state index contributed by atoms with van der Waals surface area (Å²) in [5.41, 5.74) is 2.63. The number of hydrogen-bond donors (Lipinski definition) is 1. The van der Waals surface area contributed by atoms with Crippen LogP contribution in [0.1, 0.15) is 43.4 Å². The standard InChI is InChI=1S/C22H23NO3/c1-2-3-7-20(22(24)25)16-10-13-19(14-11-16)26-15-18-12-9-17-6-4-5-8-21(17)23-18/h4-6,8-14,20H,2-3,7,15H2,1H3,(H,24,25). The fourth-order valence-electron chi connectivity index (χ4n) is 2.98. The molecular formula is C22H23NO3. The number of rotatable bonds is 8. The van der Waals surface area contributed by atoms with Crippen LogP contribution in [-0.4, -0.2) is 16.1 Å². The summed E-state index contributed by atoms with van der Waals surface area (Å²) in [6, 6.07) is 19.3. The van der Waals surface area contributed by atoms with Gasteiger partial charge in [0, 0.05) is 5.39 Å². The van der Waals surface area contributed by atoms with E-state index in [1.165, 1.54) is 0 Å². The molecule has 26 heavy (non-hydrogen) atoms. The van der Waals surface area contributed by atoms with Gasteiger partial charge in [0.15, 0.2) is 0 Å². The van der Waals surface area contributed by atoms with Gasteiger partial charge in [-0.25, -0.2) is 4.98 Å². The van der Waals surface area contributed by atoms with E-state index in [9.17, 15) is 9.90 Å². The minimum atomic E-state index is -0.771. The quantitative estimate of drug-likeness (QED) is 0.609. The van der Waals surface area contributed by atoms with Crippen molar-refractivity contribution in [1.82, 2.24) is 4.98 Å². The van der Waals surface area contributed by atoms with Gasteiger partial charge in [0.25, 0.3) is 0 Å². The molecule has 1 heterocycles. The maximum Gasteiger partial charge on any atom is 0.310 e. The lowest BCUT2D eigenvalue weighted by molar-refractivity contribution is -0.139. The van der Waals surface area contributed by atoms with Crippen molar-refractivity contribution in [2.45, 2.75) is 38.7 Å². The molecule has 1 aromatic heterocycles. The second kappa shape index (κ2) is 8.48. The van der Waals surface area contributed by atoms with Crippen molar-refractivity contribution < 1.29 is 14.6 Å². The first-order chi connectivity index (χ1) is 12.7. The summed E-state index contributed by atoms with van der Waals surface area (Å²) in [5.74, 6) is -0.512. The molecule has 3 aromatic rings. The van der Waals surface area contributed by atoms with Crippen molar-refractivity contribution in [3.8, 4) is 5.75 Å². The Morgan fingerprint density at radius 1 is 1.08 bits per heavy atom. The maximum atomic E-state index is 11.5. The molecule has 0 aliphatic rings. The number of aliphatic carboxylic acids is 1. The Kier molecular flexibility index (Phi) is 5.84. The molecule has 3 rings (SSSR count). The Morgan fingerprint density at radius 2 is 1.85 bits per heavy atom. The number of ether oxygens (including phenoxy) is 1. The van der Waals surface area contributed by atoms with E-state index in [4.69, 9.17) is 4.74 Å². The number of carboxylic acid groups (broad SMARTS) is 1. The van der Waals surface area contributed by atoms with Crippen LogP contribution in [0.3, 0.4) is 0 Å². The first kappa shape index (κ1) is 17.9. The smallest absolute Gasteiger partial charge is 0.310 e. The maximum absolute atomic E-state index is 11.5. The molecule has 1 N–H and O–H groups in total. The Morgan fingerprint density at radius 3 is 2.58 bits per heavy atom. The van der Waals surface area contributed by atoms with Gasteiger partial charge in [-0.05, 0) is 36.2 Å². The third-order valence-corrected chi connectivity index (χ3v) is 4.47. The SMILES string of the molecule is CCCCC(C(=O)O)c1ccc(OCc2ccc3ccccc3n2)cc1. The minimum absolute atomic E-state index is 0.377. The van der Waals surface area contributed by atoms with Gasteiger partial charge >= 0.3 is 5.97 Å². The van der Waals surface area contributed by atoms with E-state index in [1.807, 2.05) is 60.7 Å². The van der Waals surface area contributed by atoms with Crippen LogP contribution in [0.15, 0.2) is 60.7 Å². The molecule has 4 nitrogen and oxygen atoms in total. The number of fused-ring (bicyclic) bond motifs is 1. The predicted octanol–water partition coefficient (Wildman–Crippen LogP) is 5.17. The molecule has 0 saturated carbocycles. The molecule has 0 aliphatic heterocycles. The zero-order valence-corrected chi connectivity index (χ0v) is 14.9. The van der Waals surface area contributed by atoms with Crippen LogP contribution in [-0.2, 0) is 11.4 Å². The van der Waals surface area contributed by atoms with Crippen molar-refractivity contribution in [3.05, 3.63) is 71.9 Å². The van der Waals surface area contributed by atoms with Crippen LogP contribution >= 0.6 is 0 Å². The third-order valence-electron chi connectivity index (χ3n) is 4.47. The number of aromatic nitrogens is 1. The van der Waals surface area contributed by atoms with Gasteiger partial charge in [0.2, 0.25) is 0 Å². The zero-order valence-electron chi connectivity index (χ0n) is 14.9. The monoisotopic (exact) mass is 349 g/mol. The van der Waals surface area contributed by atoms with E-state index in [0.717, 1.165) is 35.0 Å². The summed E-state index contributed by atoms with van der Waals surface area (Å²) in [4.78, 5) is 16.1. The summed E-state index contributed by atoms with van der Waals surface area (Å²) in [7, 11) is 0. The second-order valence-electron chi connectivity index (χ2n) is 6.39. The first-order valence-electron chi connectivity index (χ1n) is 8.97. The summed E-state index contributed by atoms with van der Waals surface area (Å²) < 4.78 is 5.81. The molecule has 4 heteroatoms. The van der Waals surface area contributed by atoms with Gasteiger partial charge in [-0.1, -0.05) is 56.2 Å². The number of benzene rings is 2. The van der Waals surface area contributed by atoms with Crippen molar-refractivity contribution in [2.24, 2.45) is 0 Å². The van der Waals surface area contributed by atoms with E-state index in [-0.39, 0.29) is 0 Å². The number of carbonyl (C=O) groups is 1. The lowest BCUT2D eigenvalue weighted by Gasteiger charge is -2.13. The Balaban J connectivity index is 1.65. The van der Waals surface area contributed by atoms with Crippen LogP contribution in [0.25, 0.3) is 10.9 Å². The highest BCUT2D eigenvalue weighted by atomic mass is 16.5. The summed E-state index contributed by atoms with van der Waals surface area (Å²) >= 11 is 0. The van der Waals surface area contributed by atoms with Crippen LogP contribution in [0.2, 0.25) is 0 Å². The number of para-hydroxylation sites is 1. The molecule has 1 atom stereocenters. The summed E-state index contributed by atoms with van der Waals surface area (Å²) in [6.45, 7) is 2.44. The molecule has 134 valence electrons. The Hall–Kier alpha value is -2.88. The van der Waals surface area contributed by atoms with E-state index >= 15 is 0 Å². The number of carboxylic acids is 1. The molecule has 0 amide bonds. The first-order valence-corrected chi connectivity index (χ1v) is 8.97. The molecular weight excluding hydrogens is 326 g/mol. The average Bonchev–Trinajstić information content (AvgIpc) is 2.67. The highest BCUT2D eigenvalue weighted by Crippen LogP contribution is 2.25. The van der Waals surface area contributed by atoms with Gasteiger partial charge in [0.1, 0.15) is 12.4 Å². The van der Waals surface area contributed by atoms with Crippen LogP contribution < -0.4 is 4.74 Å². The molecule has 0 spiro atoms. The fourth-order valence-corrected chi connectivity index (χ4v) is 2.98. The number of unbranched alkanes of at least 4 members (excludes halogenated alkanes) is 1. The van der Waals surface area contributed by atoms with Gasteiger partial charge in [0.05, 0.1) is 17.1 Å². The normalized spacial score (nSPS) is 12.0. The van der Waals surface area contributed by atoms with Crippen molar-refractivity contribution in [2.75, 3.05) is 0 Å². The van der Waals surface area contributed by atoms with Gasteiger partial charge in [-0.3, -0.25) is 4.79 Å². The average molecular weight is 349 g/mol. The molecule has 2 aromatic carbocycles. The largest absolute Gasteiger partial charge is 0.487 e. The van der Waals surface area contributed by atoms with E-state index in [2.05, 4.69) is 11.9 Å². The lowest BCUT2D eigenvalue weighted by atomic mass is 9.94. The molecule has 1 unspecified atom stereocenters. The summed E-state index contributed by atoms with van der Waals surface area (Å²) in [6.07, 6.45) is 2.56. The van der Waals surface area contributed by atoms with E-state index in [0.29, 0.717) is 18.8 Å². The summed E-state index contributed by atoms with van der Waals surface area (Å²) in [5, 5.41) is 10.5. The van der Waals surface area contributed by atoms with Gasteiger partial charge < -0.3 is 9.84 Å². The third kappa shape index (κ3) is 4.39. The molecule has 0 radical (unpaired) electrons. The number of hydrogen-bond acceptors (Lipinski definition) is 3. The number of nitrogens with zero attached hydrogens (tertiary/aromatic N) is 1. The molecule has 0 aliphatic carbocycles. The lowest BCUT2D eigenvalue weighted by Crippen LogP contribution is -2.11. The fraction of sp³-hybridized carbons (Fsp3) is 0.273. The Bertz CT molecular complexity index is 874. The van der Waals surface area contributed by atoms with E-state index in [1.54, 1.807) is 0 Å². The zero-order chi connectivity index (χ0) is 18.4. The van der Waals surface area contributed by atoms with Gasteiger partial charge in [-0.15, -0.1) is 0 Å². The Labute approximate surface area is 153 Å². The van der Waals surface area contributed by atoms with Crippen molar-refractivity contribution in [3.63, 3.8) is 0 Å². The topological polar surface area (TPSA) is 59.4 Å². The molecule has 0 saturated heterocycles. The molecule has 0 bridgehead atoms. The predicted molar refractivity (Wildman–Crippen MR) is 102 cm³/mol. The minimum Gasteiger partial charge on any atom is -0.487 e. The van der Waals surface area contributed by atoms with Crippen LogP contribution in [0, 0.1) is 0 Å². The van der Waals surface area contributed by atoms with Crippen LogP contribution in [0.5, 0.6) is 5.75 Å². The number of pyridine rings is 1.